The van der Waals surface area contributed by atoms with Crippen LogP contribution in [-0.2, 0) is 4.79 Å². The molecule has 3 heterocycles. The first-order valence-electron chi connectivity index (χ1n) is 7.93. The maximum absolute atomic E-state index is 12.7. The Kier molecular flexibility index (Phi) is 4.66. The highest BCUT2D eigenvalue weighted by Crippen LogP contribution is 2.27. The molecule has 1 fully saturated rings. The maximum Gasteiger partial charge on any atom is 0.236 e. The highest BCUT2D eigenvalue weighted by molar-refractivity contribution is 8.00. The molecule has 118 valence electrons. The van der Waals surface area contributed by atoms with Crippen LogP contribution in [0.15, 0.2) is 23.5 Å². The van der Waals surface area contributed by atoms with E-state index in [0.29, 0.717) is 5.65 Å². The highest BCUT2D eigenvalue weighted by atomic mass is 32.2. The SMILES string of the molecule is CCC(Sc1nc2ncccc2[nH]1)C(=O)N1CCC(C)CC1. The fourth-order valence-electron chi connectivity index (χ4n) is 2.75. The van der Waals surface area contributed by atoms with Crippen molar-refractivity contribution in [1.29, 1.82) is 0 Å². The lowest BCUT2D eigenvalue weighted by Crippen LogP contribution is -2.42. The summed E-state index contributed by atoms with van der Waals surface area (Å²) in [4.78, 5) is 26.7. The third-order valence-electron chi connectivity index (χ3n) is 4.23. The number of imidazole rings is 1. The van der Waals surface area contributed by atoms with E-state index in [1.165, 1.54) is 11.8 Å². The van der Waals surface area contributed by atoms with Crippen molar-refractivity contribution in [3.63, 3.8) is 0 Å². The molecule has 1 saturated heterocycles. The molecule has 22 heavy (non-hydrogen) atoms. The molecule has 1 aliphatic rings. The summed E-state index contributed by atoms with van der Waals surface area (Å²) >= 11 is 1.52. The van der Waals surface area contributed by atoms with Crippen LogP contribution < -0.4 is 0 Å². The van der Waals surface area contributed by atoms with E-state index in [-0.39, 0.29) is 11.2 Å². The quantitative estimate of drug-likeness (QED) is 0.880. The second-order valence-electron chi connectivity index (χ2n) is 5.94. The fraction of sp³-hybridized carbons (Fsp3) is 0.562. The Hall–Kier alpha value is -1.56. The van der Waals surface area contributed by atoms with Gasteiger partial charge in [0.2, 0.25) is 5.91 Å². The molecule has 0 aliphatic carbocycles. The summed E-state index contributed by atoms with van der Waals surface area (Å²) in [6.07, 6.45) is 4.76. The smallest absolute Gasteiger partial charge is 0.236 e. The standard InChI is InChI=1S/C16H22N4OS/c1-3-13(15(21)20-9-6-11(2)7-10-20)22-16-18-12-5-4-8-17-14(12)19-16/h4-5,8,11,13H,3,6-7,9-10H2,1-2H3,(H,17,18,19). The third kappa shape index (κ3) is 3.27. The monoisotopic (exact) mass is 318 g/mol. The lowest BCUT2D eigenvalue weighted by atomic mass is 9.99. The van der Waals surface area contributed by atoms with Crippen LogP contribution in [0.4, 0.5) is 0 Å². The van der Waals surface area contributed by atoms with Crippen LogP contribution in [0.25, 0.3) is 11.2 Å². The number of pyridine rings is 1. The summed E-state index contributed by atoms with van der Waals surface area (Å²) in [6.45, 7) is 6.09. The van der Waals surface area contributed by atoms with Gasteiger partial charge in [-0.15, -0.1) is 0 Å². The van der Waals surface area contributed by atoms with E-state index in [4.69, 9.17) is 0 Å². The molecule has 0 radical (unpaired) electrons. The van der Waals surface area contributed by atoms with Gasteiger partial charge < -0.3 is 9.88 Å². The number of aromatic nitrogens is 3. The van der Waals surface area contributed by atoms with Crippen LogP contribution in [0, 0.1) is 5.92 Å². The van der Waals surface area contributed by atoms with Crippen LogP contribution in [0.2, 0.25) is 0 Å². The fourth-order valence-corrected chi connectivity index (χ4v) is 3.75. The summed E-state index contributed by atoms with van der Waals surface area (Å²) in [7, 11) is 0. The number of hydrogen-bond acceptors (Lipinski definition) is 4. The molecule has 6 heteroatoms. The summed E-state index contributed by atoms with van der Waals surface area (Å²) in [5.74, 6) is 0.978. The lowest BCUT2D eigenvalue weighted by molar-refractivity contribution is -0.131. The average molecular weight is 318 g/mol. The summed E-state index contributed by atoms with van der Waals surface area (Å²) < 4.78 is 0. The molecule has 3 rings (SSSR count). The number of nitrogens with zero attached hydrogens (tertiary/aromatic N) is 3. The van der Waals surface area contributed by atoms with E-state index < -0.39 is 0 Å². The molecule has 1 atom stereocenters. The van der Waals surface area contributed by atoms with Crippen molar-refractivity contribution in [2.75, 3.05) is 13.1 Å². The molecule has 0 spiro atoms. The van der Waals surface area contributed by atoms with Crippen molar-refractivity contribution in [3.8, 4) is 0 Å². The average Bonchev–Trinajstić information content (AvgIpc) is 2.95. The number of carbonyl (C=O) groups is 1. The van der Waals surface area contributed by atoms with Gasteiger partial charge in [0.25, 0.3) is 0 Å². The van der Waals surface area contributed by atoms with E-state index in [1.54, 1.807) is 6.20 Å². The van der Waals surface area contributed by atoms with Gasteiger partial charge in [-0.05, 0) is 37.3 Å². The van der Waals surface area contributed by atoms with Crippen LogP contribution in [-0.4, -0.2) is 44.1 Å². The minimum absolute atomic E-state index is 0.0750. The van der Waals surface area contributed by atoms with Crippen molar-refractivity contribution in [1.82, 2.24) is 19.9 Å². The van der Waals surface area contributed by atoms with Gasteiger partial charge in [0.05, 0.1) is 10.8 Å². The number of nitrogens with one attached hydrogen (secondary N) is 1. The maximum atomic E-state index is 12.7. The number of carbonyl (C=O) groups excluding carboxylic acids is 1. The number of amides is 1. The number of aromatic amines is 1. The normalized spacial score (nSPS) is 17.8. The number of piperidine rings is 1. The van der Waals surface area contributed by atoms with Gasteiger partial charge in [-0.3, -0.25) is 4.79 Å². The molecule has 1 unspecified atom stereocenters. The van der Waals surface area contributed by atoms with Crippen LogP contribution in [0.1, 0.15) is 33.1 Å². The van der Waals surface area contributed by atoms with E-state index in [1.807, 2.05) is 17.0 Å². The van der Waals surface area contributed by atoms with Gasteiger partial charge in [0.1, 0.15) is 0 Å². The molecule has 2 aromatic rings. The summed E-state index contributed by atoms with van der Waals surface area (Å²) in [5, 5.41) is 0.702. The topological polar surface area (TPSA) is 61.9 Å². The van der Waals surface area contributed by atoms with Gasteiger partial charge in [0.15, 0.2) is 10.8 Å². The van der Waals surface area contributed by atoms with Gasteiger partial charge in [0, 0.05) is 19.3 Å². The van der Waals surface area contributed by atoms with Crippen LogP contribution in [0.5, 0.6) is 0 Å². The Morgan fingerprint density at radius 1 is 1.50 bits per heavy atom. The van der Waals surface area contributed by atoms with E-state index in [9.17, 15) is 4.79 Å². The first-order valence-corrected chi connectivity index (χ1v) is 8.81. The minimum atomic E-state index is -0.0750. The van der Waals surface area contributed by atoms with Gasteiger partial charge in [-0.1, -0.05) is 25.6 Å². The summed E-state index contributed by atoms with van der Waals surface area (Å²) in [6, 6.07) is 3.83. The number of H-pyrrole nitrogens is 1. The Morgan fingerprint density at radius 3 is 2.95 bits per heavy atom. The van der Waals surface area contributed by atoms with Gasteiger partial charge >= 0.3 is 0 Å². The van der Waals surface area contributed by atoms with Crippen molar-refractivity contribution in [3.05, 3.63) is 18.3 Å². The Bertz CT molecular complexity index is 615. The molecule has 1 amide bonds. The van der Waals surface area contributed by atoms with Gasteiger partial charge in [-0.2, -0.15) is 0 Å². The number of rotatable bonds is 4. The van der Waals surface area contributed by atoms with Gasteiger partial charge in [-0.25, -0.2) is 9.97 Å². The number of likely N-dealkylation sites (tertiary alicyclic amines) is 1. The summed E-state index contributed by atoms with van der Waals surface area (Å²) in [5.41, 5.74) is 1.62. The minimum Gasteiger partial charge on any atom is -0.342 e. The molecular formula is C16H22N4OS. The van der Waals surface area contributed by atoms with Crippen LogP contribution in [0.3, 0.4) is 0 Å². The second kappa shape index (κ2) is 6.69. The van der Waals surface area contributed by atoms with E-state index in [0.717, 1.165) is 48.9 Å². The molecule has 0 bridgehead atoms. The Labute approximate surface area is 134 Å². The zero-order valence-electron chi connectivity index (χ0n) is 13.1. The van der Waals surface area contributed by atoms with E-state index >= 15 is 0 Å². The second-order valence-corrected chi connectivity index (χ2v) is 7.13. The number of fused-ring (bicyclic) bond motifs is 1. The van der Waals surface area contributed by atoms with E-state index in [2.05, 4.69) is 28.8 Å². The first kappa shape index (κ1) is 15.3. The number of hydrogen-bond donors (Lipinski definition) is 1. The molecule has 1 N–H and O–H groups in total. The van der Waals surface area contributed by atoms with Crippen molar-refractivity contribution in [2.45, 2.75) is 43.5 Å². The first-order chi connectivity index (χ1) is 10.7. The highest BCUT2D eigenvalue weighted by Gasteiger charge is 2.27. The Morgan fingerprint density at radius 2 is 2.27 bits per heavy atom. The molecule has 2 aromatic heterocycles. The third-order valence-corrected chi connectivity index (χ3v) is 5.47. The number of thioether (sulfide) groups is 1. The lowest BCUT2D eigenvalue weighted by Gasteiger charge is -2.32. The van der Waals surface area contributed by atoms with Crippen LogP contribution >= 0.6 is 11.8 Å². The largest absolute Gasteiger partial charge is 0.342 e. The Balaban J connectivity index is 1.69. The predicted octanol–water partition coefficient (Wildman–Crippen LogP) is 3.09. The zero-order chi connectivity index (χ0) is 15.5. The molecule has 1 aliphatic heterocycles. The van der Waals surface area contributed by atoms with Crippen molar-refractivity contribution in [2.24, 2.45) is 5.92 Å². The predicted molar refractivity (Wildman–Crippen MR) is 88.8 cm³/mol. The van der Waals surface area contributed by atoms with Crippen molar-refractivity contribution >= 4 is 28.8 Å². The molecule has 0 saturated carbocycles. The molecule has 0 aromatic carbocycles. The molecular weight excluding hydrogens is 296 g/mol. The molecule has 5 nitrogen and oxygen atoms in total. The van der Waals surface area contributed by atoms with Crippen molar-refractivity contribution < 1.29 is 4.79 Å². The zero-order valence-corrected chi connectivity index (χ0v) is 13.9.